The highest BCUT2D eigenvalue weighted by molar-refractivity contribution is 5.84. The Balaban J connectivity index is 1.56. The van der Waals surface area contributed by atoms with Crippen molar-refractivity contribution in [3.8, 4) is 11.1 Å². The maximum atomic E-state index is 12.5. The molecule has 1 unspecified atom stereocenters. The van der Waals surface area contributed by atoms with Crippen LogP contribution in [0.3, 0.4) is 0 Å². The standard InChI is InChI=1S/C24H25F3N2O5/c1-2-14(11-21(30)29-20(22(31)32)12-24(25,26)27)28-23(33)34-13-19-17-9-5-3-7-15(17)16-8-4-6-10-18(16)19/h3-10,14,19-20H,2,11-13H2,1H3,(H,28,33)(H,29,30)(H,31,32)/t14-,20?/m1/s1. The highest BCUT2D eigenvalue weighted by Gasteiger charge is 2.36. The molecule has 1 aliphatic carbocycles. The second-order valence-corrected chi connectivity index (χ2v) is 8.06. The van der Waals surface area contributed by atoms with Crippen LogP contribution in [0.4, 0.5) is 18.0 Å². The molecule has 0 heterocycles. The Morgan fingerprint density at radius 3 is 2.06 bits per heavy atom. The molecule has 1 aliphatic rings. The Hall–Kier alpha value is -3.56. The second-order valence-electron chi connectivity index (χ2n) is 8.06. The van der Waals surface area contributed by atoms with Gasteiger partial charge in [-0.25, -0.2) is 9.59 Å². The molecule has 0 aliphatic heterocycles. The van der Waals surface area contributed by atoms with E-state index in [4.69, 9.17) is 9.84 Å². The first kappa shape index (κ1) is 25.1. The molecule has 0 saturated heterocycles. The zero-order valence-corrected chi connectivity index (χ0v) is 18.4. The van der Waals surface area contributed by atoms with Crippen LogP contribution in [-0.4, -0.2) is 47.9 Å². The number of carboxylic acid groups (broad SMARTS) is 1. The molecule has 0 fully saturated rings. The third kappa shape index (κ3) is 6.27. The van der Waals surface area contributed by atoms with Crippen molar-refractivity contribution in [1.29, 1.82) is 0 Å². The number of hydrogen-bond acceptors (Lipinski definition) is 4. The predicted octanol–water partition coefficient (Wildman–Crippen LogP) is 4.22. The molecule has 2 aromatic rings. The molecule has 7 nitrogen and oxygen atoms in total. The van der Waals surface area contributed by atoms with Crippen LogP contribution < -0.4 is 10.6 Å². The quantitative estimate of drug-likeness (QED) is 0.501. The van der Waals surface area contributed by atoms with Gasteiger partial charge in [0.15, 0.2) is 0 Å². The number of hydrogen-bond donors (Lipinski definition) is 3. The molecule has 182 valence electrons. The van der Waals surface area contributed by atoms with Gasteiger partial charge in [-0.05, 0) is 28.7 Å². The summed E-state index contributed by atoms with van der Waals surface area (Å²) in [5, 5.41) is 13.3. The van der Waals surface area contributed by atoms with Gasteiger partial charge in [-0.15, -0.1) is 0 Å². The summed E-state index contributed by atoms with van der Waals surface area (Å²) in [5.41, 5.74) is 4.21. The fourth-order valence-electron chi connectivity index (χ4n) is 4.01. The van der Waals surface area contributed by atoms with Crippen LogP contribution in [0.2, 0.25) is 0 Å². The molecule has 2 aromatic carbocycles. The minimum Gasteiger partial charge on any atom is -0.480 e. The molecule has 2 atom stereocenters. The minimum atomic E-state index is -4.75. The molecule has 0 radical (unpaired) electrons. The molecule has 3 N–H and O–H groups in total. The van der Waals surface area contributed by atoms with Crippen molar-refractivity contribution >= 4 is 18.0 Å². The first-order valence-corrected chi connectivity index (χ1v) is 10.8. The van der Waals surface area contributed by atoms with Crippen molar-refractivity contribution in [3.05, 3.63) is 59.7 Å². The summed E-state index contributed by atoms with van der Waals surface area (Å²) in [6.07, 6.45) is -7.31. The van der Waals surface area contributed by atoms with Crippen molar-refractivity contribution < 1.29 is 37.4 Å². The van der Waals surface area contributed by atoms with E-state index in [0.717, 1.165) is 22.3 Å². The first-order chi connectivity index (χ1) is 16.1. The molecular weight excluding hydrogens is 453 g/mol. The number of carbonyl (C=O) groups excluding carboxylic acids is 2. The van der Waals surface area contributed by atoms with Gasteiger partial charge in [0, 0.05) is 18.4 Å². The number of carboxylic acids is 1. The lowest BCUT2D eigenvalue weighted by Gasteiger charge is -2.20. The zero-order chi connectivity index (χ0) is 24.9. The lowest BCUT2D eigenvalue weighted by molar-refractivity contribution is -0.160. The van der Waals surface area contributed by atoms with Crippen LogP contribution in [-0.2, 0) is 14.3 Å². The fraction of sp³-hybridized carbons (Fsp3) is 0.375. The van der Waals surface area contributed by atoms with E-state index in [0.29, 0.717) is 0 Å². The predicted molar refractivity (Wildman–Crippen MR) is 117 cm³/mol. The number of fused-ring (bicyclic) bond motifs is 3. The molecule has 0 bridgehead atoms. The Morgan fingerprint density at radius 2 is 1.56 bits per heavy atom. The van der Waals surface area contributed by atoms with Crippen LogP contribution >= 0.6 is 0 Å². The van der Waals surface area contributed by atoms with E-state index in [-0.39, 0.29) is 25.4 Å². The number of benzene rings is 2. The van der Waals surface area contributed by atoms with E-state index in [1.54, 1.807) is 6.92 Å². The van der Waals surface area contributed by atoms with Gasteiger partial charge in [-0.1, -0.05) is 55.5 Å². The molecule has 10 heteroatoms. The summed E-state index contributed by atoms with van der Waals surface area (Å²) >= 11 is 0. The normalized spacial score (nSPS) is 14.5. The van der Waals surface area contributed by atoms with E-state index < -0.39 is 42.7 Å². The molecule has 0 aromatic heterocycles. The van der Waals surface area contributed by atoms with Gasteiger partial charge in [0.1, 0.15) is 12.6 Å². The summed E-state index contributed by atoms with van der Waals surface area (Å²) in [4.78, 5) is 35.5. The Kier molecular flexibility index (Phi) is 7.80. The Labute approximate surface area is 194 Å². The molecule has 34 heavy (non-hydrogen) atoms. The van der Waals surface area contributed by atoms with Gasteiger partial charge in [0.25, 0.3) is 0 Å². The number of rotatable bonds is 9. The average Bonchev–Trinajstić information content (AvgIpc) is 3.09. The van der Waals surface area contributed by atoms with Crippen LogP contribution in [0.15, 0.2) is 48.5 Å². The van der Waals surface area contributed by atoms with Gasteiger partial charge in [-0.2, -0.15) is 13.2 Å². The third-order valence-electron chi connectivity index (χ3n) is 5.66. The number of alkyl carbamates (subject to hydrolysis) is 1. The monoisotopic (exact) mass is 478 g/mol. The average molecular weight is 478 g/mol. The van der Waals surface area contributed by atoms with E-state index in [2.05, 4.69) is 5.32 Å². The number of aliphatic carboxylic acids is 1. The van der Waals surface area contributed by atoms with Crippen molar-refractivity contribution in [2.24, 2.45) is 0 Å². The summed E-state index contributed by atoms with van der Waals surface area (Å²) < 4.78 is 43.0. The maximum absolute atomic E-state index is 12.5. The highest BCUT2D eigenvalue weighted by atomic mass is 19.4. The van der Waals surface area contributed by atoms with E-state index in [1.807, 2.05) is 53.8 Å². The van der Waals surface area contributed by atoms with Crippen molar-refractivity contribution in [3.63, 3.8) is 0 Å². The number of carbonyl (C=O) groups is 3. The van der Waals surface area contributed by atoms with Gasteiger partial charge in [-0.3, -0.25) is 4.79 Å². The molecule has 2 amide bonds. The van der Waals surface area contributed by atoms with Crippen LogP contribution in [0, 0.1) is 0 Å². The first-order valence-electron chi connectivity index (χ1n) is 10.8. The summed E-state index contributed by atoms with van der Waals surface area (Å²) in [7, 11) is 0. The van der Waals surface area contributed by atoms with E-state index in [9.17, 15) is 27.6 Å². The van der Waals surface area contributed by atoms with Crippen LogP contribution in [0.25, 0.3) is 11.1 Å². The Bertz CT molecular complexity index is 1010. The third-order valence-corrected chi connectivity index (χ3v) is 5.66. The van der Waals surface area contributed by atoms with Crippen LogP contribution in [0.5, 0.6) is 0 Å². The second kappa shape index (κ2) is 10.6. The molecule has 0 saturated carbocycles. The van der Waals surface area contributed by atoms with Gasteiger partial charge >= 0.3 is 18.2 Å². The lowest BCUT2D eigenvalue weighted by Crippen LogP contribution is -2.46. The van der Waals surface area contributed by atoms with E-state index in [1.165, 1.54) is 0 Å². The van der Waals surface area contributed by atoms with Crippen molar-refractivity contribution in [1.82, 2.24) is 10.6 Å². The van der Waals surface area contributed by atoms with Crippen molar-refractivity contribution in [2.75, 3.05) is 6.61 Å². The number of alkyl halides is 3. The summed E-state index contributed by atoms with van der Waals surface area (Å²) in [5.74, 6) is -2.86. The fourth-order valence-corrected chi connectivity index (χ4v) is 4.01. The Morgan fingerprint density at radius 1 is 1.00 bits per heavy atom. The van der Waals surface area contributed by atoms with Crippen LogP contribution in [0.1, 0.15) is 43.2 Å². The largest absolute Gasteiger partial charge is 0.480 e. The summed E-state index contributed by atoms with van der Waals surface area (Å²) in [6.45, 7) is 1.74. The number of ether oxygens (including phenoxy) is 1. The van der Waals surface area contributed by atoms with Gasteiger partial charge in [0.05, 0.1) is 6.42 Å². The maximum Gasteiger partial charge on any atom is 0.407 e. The molecular formula is C24H25F3N2O5. The number of nitrogens with one attached hydrogen (secondary N) is 2. The number of halogens is 3. The lowest BCUT2D eigenvalue weighted by atomic mass is 9.98. The van der Waals surface area contributed by atoms with Crippen molar-refractivity contribution in [2.45, 2.75) is 50.4 Å². The van der Waals surface area contributed by atoms with Gasteiger partial charge in [0.2, 0.25) is 5.91 Å². The topological polar surface area (TPSA) is 105 Å². The molecule has 0 spiro atoms. The van der Waals surface area contributed by atoms with Gasteiger partial charge < -0.3 is 20.5 Å². The summed E-state index contributed by atoms with van der Waals surface area (Å²) in [6, 6.07) is 12.8. The highest BCUT2D eigenvalue weighted by Crippen LogP contribution is 2.44. The van der Waals surface area contributed by atoms with E-state index >= 15 is 0 Å². The zero-order valence-electron chi connectivity index (χ0n) is 18.4. The minimum absolute atomic E-state index is 0.0646. The number of amides is 2. The SMILES string of the molecule is CC[C@H](CC(=O)NC(CC(F)(F)F)C(=O)O)NC(=O)OCC1c2ccccc2-c2ccccc21. The smallest absolute Gasteiger partial charge is 0.407 e. The molecule has 3 rings (SSSR count).